The number of ether oxygens (including phenoxy) is 2. The SMILES string of the molecule is CCC(N)C(c1ccc(C)o1)N(CCCOC)CCOC. The van der Waals surface area contributed by atoms with Crippen LogP contribution in [0.3, 0.4) is 0 Å². The van der Waals surface area contributed by atoms with E-state index in [1.165, 1.54) is 0 Å². The zero-order chi connectivity index (χ0) is 15.7. The van der Waals surface area contributed by atoms with Crippen molar-refractivity contribution in [2.75, 3.05) is 40.5 Å². The molecule has 2 N–H and O–H groups in total. The summed E-state index contributed by atoms with van der Waals surface area (Å²) in [7, 11) is 3.45. The molecule has 2 atom stereocenters. The Labute approximate surface area is 128 Å². The molecular weight excluding hydrogens is 268 g/mol. The van der Waals surface area contributed by atoms with Gasteiger partial charge in [0, 0.05) is 40.0 Å². The molecule has 2 unspecified atom stereocenters. The third kappa shape index (κ3) is 5.79. The lowest BCUT2D eigenvalue weighted by Crippen LogP contribution is -2.42. The van der Waals surface area contributed by atoms with Gasteiger partial charge >= 0.3 is 0 Å². The molecule has 21 heavy (non-hydrogen) atoms. The maximum atomic E-state index is 6.36. The standard InChI is InChI=1S/C16H30N2O3/c1-5-14(17)16(15-8-7-13(2)21-15)18(10-12-20-4)9-6-11-19-3/h7-8,14,16H,5-6,9-12,17H2,1-4H3. The molecule has 0 saturated carbocycles. The van der Waals surface area contributed by atoms with E-state index in [2.05, 4.69) is 11.8 Å². The minimum Gasteiger partial charge on any atom is -0.465 e. The van der Waals surface area contributed by atoms with E-state index in [9.17, 15) is 0 Å². The first kappa shape index (κ1) is 18.2. The largest absolute Gasteiger partial charge is 0.465 e. The number of hydrogen-bond acceptors (Lipinski definition) is 5. The zero-order valence-corrected chi connectivity index (χ0v) is 13.8. The topological polar surface area (TPSA) is 60.9 Å². The number of furan rings is 1. The van der Waals surface area contributed by atoms with Crippen LogP contribution in [0.2, 0.25) is 0 Å². The summed E-state index contributed by atoms with van der Waals surface area (Å²) in [6.45, 7) is 7.24. The third-order valence-corrected chi connectivity index (χ3v) is 3.70. The van der Waals surface area contributed by atoms with Crippen molar-refractivity contribution in [1.29, 1.82) is 0 Å². The summed E-state index contributed by atoms with van der Waals surface area (Å²) in [4.78, 5) is 2.34. The predicted octanol–water partition coefficient (Wildman–Crippen LogP) is 2.35. The van der Waals surface area contributed by atoms with Crippen molar-refractivity contribution in [2.45, 2.75) is 38.8 Å². The van der Waals surface area contributed by atoms with Crippen molar-refractivity contribution in [1.82, 2.24) is 4.90 Å². The normalized spacial score (nSPS) is 14.6. The highest BCUT2D eigenvalue weighted by atomic mass is 16.5. The van der Waals surface area contributed by atoms with E-state index in [4.69, 9.17) is 19.6 Å². The molecule has 0 aromatic carbocycles. The van der Waals surface area contributed by atoms with Crippen molar-refractivity contribution in [3.8, 4) is 0 Å². The van der Waals surface area contributed by atoms with E-state index in [1.807, 2.05) is 19.1 Å². The van der Waals surface area contributed by atoms with Crippen LogP contribution < -0.4 is 5.73 Å². The van der Waals surface area contributed by atoms with Gasteiger partial charge in [0.15, 0.2) is 0 Å². The van der Waals surface area contributed by atoms with Crippen molar-refractivity contribution in [3.63, 3.8) is 0 Å². The van der Waals surface area contributed by atoms with Crippen molar-refractivity contribution < 1.29 is 13.9 Å². The van der Waals surface area contributed by atoms with Gasteiger partial charge < -0.3 is 19.6 Å². The molecule has 122 valence electrons. The molecule has 0 aliphatic rings. The van der Waals surface area contributed by atoms with Gasteiger partial charge in [-0.15, -0.1) is 0 Å². The molecule has 0 aliphatic carbocycles. The third-order valence-electron chi connectivity index (χ3n) is 3.70. The summed E-state index contributed by atoms with van der Waals surface area (Å²) in [5.74, 6) is 1.86. The first-order valence-corrected chi connectivity index (χ1v) is 7.67. The van der Waals surface area contributed by atoms with Crippen LogP contribution in [0.1, 0.15) is 37.3 Å². The summed E-state index contributed by atoms with van der Waals surface area (Å²) in [6.07, 6.45) is 1.87. The van der Waals surface area contributed by atoms with Gasteiger partial charge in [-0.2, -0.15) is 0 Å². The molecule has 1 aromatic heterocycles. The average molecular weight is 298 g/mol. The smallest absolute Gasteiger partial charge is 0.122 e. The van der Waals surface area contributed by atoms with E-state index < -0.39 is 0 Å². The van der Waals surface area contributed by atoms with Crippen LogP contribution in [0.25, 0.3) is 0 Å². The maximum Gasteiger partial charge on any atom is 0.122 e. The Balaban J connectivity index is 2.87. The van der Waals surface area contributed by atoms with E-state index in [0.29, 0.717) is 6.61 Å². The lowest BCUT2D eigenvalue weighted by Gasteiger charge is -2.33. The molecule has 1 aromatic rings. The fraction of sp³-hybridized carbons (Fsp3) is 0.750. The zero-order valence-electron chi connectivity index (χ0n) is 13.8. The Hall–Kier alpha value is -0.880. The van der Waals surface area contributed by atoms with E-state index in [0.717, 1.165) is 44.1 Å². The highest BCUT2D eigenvalue weighted by Gasteiger charge is 2.28. The summed E-state index contributed by atoms with van der Waals surface area (Å²) >= 11 is 0. The Morgan fingerprint density at radius 2 is 1.90 bits per heavy atom. The number of hydrogen-bond donors (Lipinski definition) is 1. The monoisotopic (exact) mass is 298 g/mol. The van der Waals surface area contributed by atoms with Gasteiger partial charge in [0.05, 0.1) is 12.6 Å². The van der Waals surface area contributed by atoms with Crippen LogP contribution in [-0.4, -0.2) is 51.5 Å². The van der Waals surface area contributed by atoms with Crippen molar-refractivity contribution in [2.24, 2.45) is 5.73 Å². The van der Waals surface area contributed by atoms with Crippen LogP contribution in [0.15, 0.2) is 16.5 Å². The van der Waals surface area contributed by atoms with Crippen molar-refractivity contribution in [3.05, 3.63) is 23.7 Å². The van der Waals surface area contributed by atoms with Crippen LogP contribution in [-0.2, 0) is 9.47 Å². The van der Waals surface area contributed by atoms with Gasteiger partial charge in [0.2, 0.25) is 0 Å². The average Bonchev–Trinajstić information content (AvgIpc) is 2.90. The van der Waals surface area contributed by atoms with Crippen molar-refractivity contribution >= 4 is 0 Å². The van der Waals surface area contributed by atoms with Crippen LogP contribution >= 0.6 is 0 Å². The van der Waals surface area contributed by atoms with Gasteiger partial charge in [0.1, 0.15) is 11.5 Å². The molecule has 0 saturated heterocycles. The number of rotatable bonds is 11. The van der Waals surface area contributed by atoms with Gasteiger partial charge in [-0.05, 0) is 31.9 Å². The number of nitrogens with two attached hydrogens (primary N) is 1. The summed E-state index contributed by atoms with van der Waals surface area (Å²) < 4.78 is 16.2. The molecule has 0 spiro atoms. The molecule has 0 fully saturated rings. The quantitative estimate of drug-likeness (QED) is 0.635. The molecule has 1 rings (SSSR count). The highest BCUT2D eigenvalue weighted by molar-refractivity contribution is 5.12. The lowest BCUT2D eigenvalue weighted by molar-refractivity contribution is 0.0859. The first-order chi connectivity index (χ1) is 10.1. The number of aryl methyl sites for hydroxylation is 1. The highest BCUT2D eigenvalue weighted by Crippen LogP contribution is 2.27. The van der Waals surface area contributed by atoms with E-state index in [-0.39, 0.29) is 12.1 Å². The fourth-order valence-electron chi connectivity index (χ4n) is 2.51. The summed E-state index contributed by atoms with van der Waals surface area (Å²) in [6, 6.07) is 4.14. The van der Waals surface area contributed by atoms with Gasteiger partial charge in [-0.1, -0.05) is 6.92 Å². The van der Waals surface area contributed by atoms with Crippen LogP contribution in [0.4, 0.5) is 0 Å². The Morgan fingerprint density at radius 3 is 2.43 bits per heavy atom. The summed E-state index contributed by atoms with van der Waals surface area (Å²) in [5.41, 5.74) is 6.36. The van der Waals surface area contributed by atoms with E-state index in [1.54, 1.807) is 14.2 Å². The maximum absolute atomic E-state index is 6.36. The second-order valence-corrected chi connectivity index (χ2v) is 5.34. The van der Waals surface area contributed by atoms with Gasteiger partial charge in [-0.3, -0.25) is 4.90 Å². The Kier molecular flexibility index (Phi) is 8.61. The fourth-order valence-corrected chi connectivity index (χ4v) is 2.51. The lowest BCUT2D eigenvalue weighted by atomic mass is 10.0. The number of methoxy groups -OCH3 is 2. The second kappa shape index (κ2) is 9.95. The Morgan fingerprint density at radius 1 is 1.19 bits per heavy atom. The van der Waals surface area contributed by atoms with Gasteiger partial charge in [0.25, 0.3) is 0 Å². The minimum atomic E-state index is 0.0370. The second-order valence-electron chi connectivity index (χ2n) is 5.34. The predicted molar refractivity (Wildman–Crippen MR) is 84.4 cm³/mol. The molecule has 1 heterocycles. The van der Waals surface area contributed by atoms with Crippen LogP contribution in [0, 0.1) is 6.92 Å². The molecular formula is C16H30N2O3. The molecule has 5 heteroatoms. The summed E-state index contributed by atoms with van der Waals surface area (Å²) in [5, 5.41) is 0. The molecule has 5 nitrogen and oxygen atoms in total. The molecule has 0 amide bonds. The van der Waals surface area contributed by atoms with Crippen LogP contribution in [0.5, 0.6) is 0 Å². The van der Waals surface area contributed by atoms with E-state index >= 15 is 0 Å². The minimum absolute atomic E-state index is 0.0370. The molecule has 0 radical (unpaired) electrons. The van der Waals surface area contributed by atoms with Gasteiger partial charge in [-0.25, -0.2) is 0 Å². The molecule has 0 bridgehead atoms. The first-order valence-electron chi connectivity index (χ1n) is 7.67. The molecule has 0 aliphatic heterocycles. The Bertz CT molecular complexity index is 381. The number of nitrogens with zero attached hydrogens (tertiary/aromatic N) is 1.